The summed E-state index contributed by atoms with van der Waals surface area (Å²) in [6.45, 7) is 5.75. The molecule has 0 unspecified atom stereocenters. The maximum absolute atomic E-state index is 14.2. The summed E-state index contributed by atoms with van der Waals surface area (Å²) in [4.78, 5) is 26.7. The van der Waals surface area contributed by atoms with Crippen LogP contribution in [0.4, 0.5) is 14.5 Å². The first-order valence-corrected chi connectivity index (χ1v) is 11.2. The zero-order valence-electron chi connectivity index (χ0n) is 18.3. The molecule has 2 aromatic carbocycles. The highest BCUT2D eigenvalue weighted by Crippen LogP contribution is 2.48. The van der Waals surface area contributed by atoms with Crippen LogP contribution in [0.3, 0.4) is 0 Å². The molecule has 8 heteroatoms. The van der Waals surface area contributed by atoms with Gasteiger partial charge in [0.2, 0.25) is 0 Å². The smallest absolute Gasteiger partial charge is 0.254 e. The zero-order chi connectivity index (χ0) is 24.1. The molecule has 0 radical (unpaired) electrons. The normalized spacial score (nSPS) is 19.8. The van der Waals surface area contributed by atoms with Crippen molar-refractivity contribution in [2.45, 2.75) is 39.5 Å². The molecule has 0 saturated heterocycles. The highest BCUT2D eigenvalue weighted by molar-refractivity contribution is 6.35. The molecule has 1 aliphatic carbocycles. The third kappa shape index (κ3) is 4.55. The van der Waals surface area contributed by atoms with Crippen molar-refractivity contribution in [3.63, 3.8) is 0 Å². The van der Waals surface area contributed by atoms with Gasteiger partial charge in [-0.15, -0.1) is 0 Å². The van der Waals surface area contributed by atoms with Gasteiger partial charge >= 0.3 is 0 Å². The van der Waals surface area contributed by atoms with Crippen molar-refractivity contribution in [1.82, 2.24) is 5.32 Å². The van der Waals surface area contributed by atoms with Gasteiger partial charge in [-0.1, -0.05) is 43.1 Å². The number of dihydropyridines is 1. The molecule has 33 heavy (non-hydrogen) atoms. The van der Waals surface area contributed by atoms with Gasteiger partial charge in [-0.25, -0.2) is 8.78 Å². The molecule has 0 bridgehead atoms. The number of carbonyl (C=O) groups is 2. The molecular formula is C25H22Cl2F2N2O2. The van der Waals surface area contributed by atoms with E-state index in [0.717, 1.165) is 17.8 Å². The number of allylic oxidation sites excluding steroid dienone is 3. The maximum Gasteiger partial charge on any atom is 0.254 e. The van der Waals surface area contributed by atoms with Crippen molar-refractivity contribution in [1.29, 1.82) is 0 Å². The second-order valence-electron chi connectivity index (χ2n) is 9.17. The Morgan fingerprint density at radius 2 is 1.85 bits per heavy atom. The molecule has 0 spiro atoms. The fourth-order valence-electron chi connectivity index (χ4n) is 4.56. The number of halogens is 4. The van der Waals surface area contributed by atoms with E-state index < -0.39 is 23.5 Å². The summed E-state index contributed by atoms with van der Waals surface area (Å²) in [6.07, 6.45) is 0.935. The summed E-state index contributed by atoms with van der Waals surface area (Å²) in [5.41, 5.74) is 2.10. The van der Waals surface area contributed by atoms with Crippen LogP contribution in [0.5, 0.6) is 0 Å². The first kappa shape index (κ1) is 23.5. The lowest BCUT2D eigenvalue weighted by molar-refractivity contribution is -0.118. The van der Waals surface area contributed by atoms with E-state index in [4.69, 9.17) is 23.2 Å². The van der Waals surface area contributed by atoms with Gasteiger partial charge in [0.1, 0.15) is 11.6 Å². The summed E-state index contributed by atoms with van der Waals surface area (Å²) < 4.78 is 27.5. The van der Waals surface area contributed by atoms with Crippen LogP contribution in [0.15, 0.2) is 58.9 Å². The van der Waals surface area contributed by atoms with E-state index >= 15 is 0 Å². The van der Waals surface area contributed by atoms with E-state index in [1.807, 2.05) is 13.8 Å². The summed E-state index contributed by atoms with van der Waals surface area (Å²) >= 11 is 12.6. The van der Waals surface area contributed by atoms with Crippen LogP contribution in [0, 0.1) is 17.0 Å². The molecule has 172 valence electrons. The number of rotatable bonds is 3. The lowest BCUT2D eigenvalue weighted by atomic mass is 9.68. The van der Waals surface area contributed by atoms with Gasteiger partial charge in [0.25, 0.3) is 5.91 Å². The third-order valence-corrected chi connectivity index (χ3v) is 6.50. The molecule has 0 aromatic heterocycles. The lowest BCUT2D eigenvalue weighted by Crippen LogP contribution is -2.39. The molecule has 4 rings (SSSR count). The minimum absolute atomic E-state index is 0.0875. The van der Waals surface area contributed by atoms with Crippen molar-refractivity contribution in [3.05, 3.63) is 86.2 Å². The lowest BCUT2D eigenvalue weighted by Gasteiger charge is -2.39. The first-order valence-electron chi connectivity index (χ1n) is 10.4. The standard InChI is InChI=1S/C25H22Cl2F2N2O2/c1-12-21(24(33)31-18-7-5-14(28)9-17(18)29)22(15-6-4-13(26)8-16(15)27)23-19(30-12)10-25(2,3)11-20(23)32/h4-9,22,30H,10-11H2,1-3H3,(H,31,33)/t22-/m1/s1. The van der Waals surface area contributed by atoms with Gasteiger partial charge in [-0.3, -0.25) is 9.59 Å². The fourth-order valence-corrected chi connectivity index (χ4v) is 5.08. The zero-order valence-corrected chi connectivity index (χ0v) is 19.8. The van der Waals surface area contributed by atoms with Crippen molar-refractivity contribution < 1.29 is 18.4 Å². The Balaban J connectivity index is 1.84. The highest BCUT2D eigenvalue weighted by Gasteiger charge is 2.43. The van der Waals surface area contributed by atoms with Crippen LogP contribution in [0.1, 0.15) is 45.1 Å². The Morgan fingerprint density at radius 3 is 2.52 bits per heavy atom. The average molecular weight is 491 g/mol. The predicted molar refractivity (Wildman–Crippen MR) is 125 cm³/mol. The van der Waals surface area contributed by atoms with Gasteiger partial charge in [0.05, 0.1) is 5.69 Å². The van der Waals surface area contributed by atoms with E-state index in [0.29, 0.717) is 45.8 Å². The predicted octanol–water partition coefficient (Wildman–Crippen LogP) is 6.51. The van der Waals surface area contributed by atoms with Crippen LogP contribution in [0.25, 0.3) is 0 Å². The fraction of sp³-hybridized carbons (Fsp3) is 0.280. The minimum atomic E-state index is -0.901. The second-order valence-corrected chi connectivity index (χ2v) is 10.0. The van der Waals surface area contributed by atoms with Crippen LogP contribution in [-0.4, -0.2) is 11.7 Å². The van der Waals surface area contributed by atoms with Crippen LogP contribution in [0.2, 0.25) is 10.0 Å². The maximum atomic E-state index is 14.2. The third-order valence-electron chi connectivity index (χ3n) is 5.94. The highest BCUT2D eigenvalue weighted by atomic mass is 35.5. The number of hydrogen-bond acceptors (Lipinski definition) is 3. The second kappa shape index (κ2) is 8.58. The van der Waals surface area contributed by atoms with E-state index in [1.54, 1.807) is 25.1 Å². The number of Topliss-reactive ketones (excluding diaryl/α,β-unsaturated/α-hetero) is 1. The van der Waals surface area contributed by atoms with Gasteiger partial charge in [0.15, 0.2) is 5.78 Å². The van der Waals surface area contributed by atoms with Crippen molar-refractivity contribution in [2.75, 3.05) is 5.32 Å². The largest absolute Gasteiger partial charge is 0.362 e. The van der Waals surface area contributed by atoms with Crippen LogP contribution < -0.4 is 10.6 Å². The Hall–Kier alpha value is -2.70. The Morgan fingerprint density at radius 1 is 1.12 bits per heavy atom. The summed E-state index contributed by atoms with van der Waals surface area (Å²) in [6, 6.07) is 7.79. The van der Waals surface area contributed by atoms with Crippen LogP contribution >= 0.6 is 23.2 Å². The van der Waals surface area contributed by atoms with Crippen molar-refractivity contribution >= 4 is 40.6 Å². The number of hydrogen-bond donors (Lipinski definition) is 2. The molecule has 0 fully saturated rings. The molecule has 0 saturated carbocycles. The van der Waals surface area contributed by atoms with E-state index in [1.165, 1.54) is 0 Å². The van der Waals surface area contributed by atoms with E-state index in [2.05, 4.69) is 10.6 Å². The van der Waals surface area contributed by atoms with Crippen molar-refractivity contribution in [3.8, 4) is 0 Å². The van der Waals surface area contributed by atoms with Gasteiger partial charge in [0, 0.05) is 51.0 Å². The first-order chi connectivity index (χ1) is 15.5. The quantitative estimate of drug-likeness (QED) is 0.515. The van der Waals surface area contributed by atoms with Crippen LogP contribution in [-0.2, 0) is 9.59 Å². The molecule has 1 amide bonds. The minimum Gasteiger partial charge on any atom is -0.362 e. The molecule has 2 N–H and O–H groups in total. The molecule has 1 atom stereocenters. The molecule has 2 aromatic rings. The summed E-state index contributed by atoms with van der Waals surface area (Å²) in [5.74, 6) is -3.13. The van der Waals surface area contributed by atoms with Gasteiger partial charge in [-0.2, -0.15) is 0 Å². The Labute approximate surface area is 200 Å². The van der Waals surface area contributed by atoms with Gasteiger partial charge in [-0.05, 0) is 48.6 Å². The van der Waals surface area contributed by atoms with E-state index in [9.17, 15) is 18.4 Å². The molecule has 2 aliphatic rings. The summed E-state index contributed by atoms with van der Waals surface area (Å²) in [7, 11) is 0. The number of anilines is 1. The molecule has 4 nitrogen and oxygen atoms in total. The molecular weight excluding hydrogens is 469 g/mol. The Bertz CT molecular complexity index is 1250. The monoisotopic (exact) mass is 490 g/mol. The Kier molecular flexibility index (Phi) is 6.10. The number of nitrogens with one attached hydrogen (secondary N) is 2. The molecule has 1 aliphatic heterocycles. The number of ketones is 1. The van der Waals surface area contributed by atoms with Gasteiger partial charge < -0.3 is 10.6 Å². The average Bonchev–Trinajstić information content (AvgIpc) is 2.68. The number of carbonyl (C=O) groups excluding carboxylic acids is 2. The number of amides is 1. The van der Waals surface area contributed by atoms with Crippen molar-refractivity contribution in [2.24, 2.45) is 5.41 Å². The van der Waals surface area contributed by atoms with E-state index in [-0.39, 0.29) is 22.5 Å². The number of benzene rings is 2. The molecule has 1 heterocycles. The summed E-state index contributed by atoms with van der Waals surface area (Å²) in [5, 5.41) is 6.47. The topological polar surface area (TPSA) is 58.2 Å². The SMILES string of the molecule is CC1=C(C(=O)Nc2ccc(F)cc2F)[C@@H](c2ccc(Cl)cc2Cl)C2=C(CC(C)(C)CC2=O)N1.